The molecule has 1 aromatic rings. The Kier molecular flexibility index (Phi) is 4.97. The molecule has 26 heavy (non-hydrogen) atoms. The van der Waals surface area contributed by atoms with E-state index < -0.39 is 17.6 Å². The number of piperidine rings is 1. The van der Waals surface area contributed by atoms with Crippen LogP contribution in [-0.4, -0.2) is 58.6 Å². The summed E-state index contributed by atoms with van der Waals surface area (Å²) in [6.07, 6.45) is 0.543. The minimum atomic E-state index is -0.667. The highest BCUT2D eigenvalue weighted by molar-refractivity contribution is 6.35. The van der Waals surface area contributed by atoms with E-state index in [9.17, 15) is 19.5 Å². The molecule has 0 spiro atoms. The first-order valence-corrected chi connectivity index (χ1v) is 8.74. The van der Waals surface area contributed by atoms with Gasteiger partial charge in [-0.15, -0.1) is 0 Å². The Bertz CT molecular complexity index is 761. The molecule has 7 nitrogen and oxygen atoms in total. The molecule has 0 bridgehead atoms. The van der Waals surface area contributed by atoms with Crippen molar-refractivity contribution < 1.29 is 24.2 Å². The molecule has 1 fully saturated rings. The summed E-state index contributed by atoms with van der Waals surface area (Å²) >= 11 is 0. The Labute approximate surface area is 151 Å². The number of rotatable bonds is 3. The SMILES string of the molecule is CCOC(=O)N1CCC(N2C(=O)C(O)=C(c3ccc(C)cc3)C2=O)CC1. The third-order valence-electron chi connectivity index (χ3n) is 4.79. The number of benzene rings is 1. The molecule has 1 N–H and O–H groups in total. The van der Waals surface area contributed by atoms with E-state index >= 15 is 0 Å². The van der Waals surface area contributed by atoms with Crippen LogP contribution in [0.3, 0.4) is 0 Å². The van der Waals surface area contributed by atoms with E-state index in [1.54, 1.807) is 24.0 Å². The second-order valence-electron chi connectivity index (χ2n) is 6.49. The third kappa shape index (κ3) is 3.16. The van der Waals surface area contributed by atoms with Crippen LogP contribution in [0.15, 0.2) is 30.0 Å². The van der Waals surface area contributed by atoms with E-state index in [1.807, 2.05) is 19.1 Å². The molecule has 2 heterocycles. The minimum absolute atomic E-state index is 0.0443. The molecule has 2 aliphatic heterocycles. The first-order valence-electron chi connectivity index (χ1n) is 8.74. The maximum Gasteiger partial charge on any atom is 0.409 e. The number of imide groups is 1. The summed E-state index contributed by atoms with van der Waals surface area (Å²) in [4.78, 5) is 39.8. The van der Waals surface area contributed by atoms with E-state index in [1.165, 1.54) is 0 Å². The number of carbonyl (C=O) groups excluding carboxylic acids is 3. The maximum atomic E-state index is 12.8. The lowest BCUT2D eigenvalue weighted by Crippen LogP contribution is -2.49. The van der Waals surface area contributed by atoms with Crippen molar-refractivity contribution in [2.75, 3.05) is 19.7 Å². The quantitative estimate of drug-likeness (QED) is 0.838. The number of nitrogens with zero attached hydrogens (tertiary/aromatic N) is 2. The highest BCUT2D eigenvalue weighted by Crippen LogP contribution is 2.32. The van der Waals surface area contributed by atoms with Crippen LogP contribution in [0.25, 0.3) is 5.57 Å². The van der Waals surface area contributed by atoms with Gasteiger partial charge in [-0.3, -0.25) is 14.5 Å². The van der Waals surface area contributed by atoms with Crippen LogP contribution in [-0.2, 0) is 14.3 Å². The predicted molar refractivity (Wildman–Crippen MR) is 94.2 cm³/mol. The topological polar surface area (TPSA) is 87.2 Å². The number of aliphatic hydroxyl groups excluding tert-OH is 1. The summed E-state index contributed by atoms with van der Waals surface area (Å²) in [5.74, 6) is -1.65. The van der Waals surface area contributed by atoms with Crippen LogP contribution >= 0.6 is 0 Å². The van der Waals surface area contributed by atoms with Gasteiger partial charge in [0.2, 0.25) is 0 Å². The third-order valence-corrected chi connectivity index (χ3v) is 4.79. The average Bonchev–Trinajstić information content (AvgIpc) is 2.85. The smallest absolute Gasteiger partial charge is 0.409 e. The standard InChI is InChI=1S/C19H22N2O5/c1-3-26-19(25)20-10-8-14(9-11-20)21-17(23)15(16(22)18(21)24)13-6-4-12(2)5-7-13/h4-7,14,22H,3,8-11H2,1-2H3. The molecular weight excluding hydrogens is 336 g/mol. The summed E-state index contributed by atoms with van der Waals surface area (Å²) < 4.78 is 4.98. The van der Waals surface area contributed by atoms with Gasteiger partial charge in [0.1, 0.15) is 0 Å². The molecule has 3 amide bonds. The first kappa shape index (κ1) is 18.0. The van der Waals surface area contributed by atoms with Crippen LogP contribution < -0.4 is 0 Å². The van der Waals surface area contributed by atoms with Gasteiger partial charge in [0.05, 0.1) is 12.2 Å². The van der Waals surface area contributed by atoms with Crippen molar-refractivity contribution in [3.8, 4) is 0 Å². The Morgan fingerprint density at radius 3 is 2.35 bits per heavy atom. The Balaban J connectivity index is 1.73. The lowest BCUT2D eigenvalue weighted by molar-refractivity contribution is -0.141. The molecule has 0 aliphatic carbocycles. The monoisotopic (exact) mass is 358 g/mol. The largest absolute Gasteiger partial charge is 0.502 e. The molecule has 1 saturated heterocycles. The lowest BCUT2D eigenvalue weighted by atomic mass is 10.0. The zero-order valence-electron chi connectivity index (χ0n) is 14.9. The molecule has 138 valence electrons. The second-order valence-corrected chi connectivity index (χ2v) is 6.49. The lowest BCUT2D eigenvalue weighted by Gasteiger charge is -2.35. The fourth-order valence-corrected chi connectivity index (χ4v) is 3.37. The highest BCUT2D eigenvalue weighted by atomic mass is 16.6. The Hall–Kier alpha value is -2.83. The number of amides is 3. The molecule has 0 radical (unpaired) electrons. The van der Waals surface area contributed by atoms with Crippen LogP contribution in [0, 0.1) is 6.92 Å². The molecule has 2 aliphatic rings. The zero-order valence-corrected chi connectivity index (χ0v) is 14.9. The number of carbonyl (C=O) groups is 3. The van der Waals surface area contributed by atoms with Gasteiger partial charge in [0, 0.05) is 19.1 Å². The van der Waals surface area contributed by atoms with E-state index in [-0.39, 0.29) is 17.7 Å². The first-order chi connectivity index (χ1) is 12.4. The highest BCUT2D eigenvalue weighted by Gasteiger charge is 2.44. The molecule has 0 unspecified atom stereocenters. The van der Waals surface area contributed by atoms with Crippen LogP contribution in [0.5, 0.6) is 0 Å². The molecule has 7 heteroatoms. The van der Waals surface area contributed by atoms with Crippen molar-refractivity contribution in [2.24, 2.45) is 0 Å². The van der Waals surface area contributed by atoms with Crippen molar-refractivity contribution in [1.82, 2.24) is 9.80 Å². The van der Waals surface area contributed by atoms with E-state index in [2.05, 4.69) is 0 Å². The zero-order chi connectivity index (χ0) is 18.8. The second kappa shape index (κ2) is 7.19. The van der Waals surface area contributed by atoms with Crippen molar-refractivity contribution >= 4 is 23.5 Å². The number of hydrogen-bond donors (Lipinski definition) is 1. The number of aryl methyl sites for hydroxylation is 1. The van der Waals surface area contributed by atoms with Crippen molar-refractivity contribution in [1.29, 1.82) is 0 Å². The van der Waals surface area contributed by atoms with Gasteiger partial charge in [-0.2, -0.15) is 0 Å². The van der Waals surface area contributed by atoms with Gasteiger partial charge >= 0.3 is 6.09 Å². The minimum Gasteiger partial charge on any atom is -0.502 e. The van der Waals surface area contributed by atoms with Crippen molar-refractivity contribution in [2.45, 2.75) is 32.7 Å². The van der Waals surface area contributed by atoms with Gasteiger partial charge in [0.25, 0.3) is 11.8 Å². The average molecular weight is 358 g/mol. The summed E-state index contributed by atoms with van der Waals surface area (Å²) in [7, 11) is 0. The van der Waals surface area contributed by atoms with Crippen molar-refractivity contribution in [3.05, 3.63) is 41.2 Å². The van der Waals surface area contributed by atoms with Gasteiger partial charge in [-0.25, -0.2) is 4.79 Å². The number of ether oxygens (including phenoxy) is 1. The predicted octanol–water partition coefficient (Wildman–Crippen LogP) is 2.25. The number of likely N-dealkylation sites (tertiary alicyclic amines) is 1. The fourth-order valence-electron chi connectivity index (χ4n) is 3.37. The Morgan fingerprint density at radius 2 is 1.77 bits per heavy atom. The molecular formula is C19H22N2O5. The van der Waals surface area contributed by atoms with Gasteiger partial charge in [-0.1, -0.05) is 29.8 Å². The number of aliphatic hydroxyl groups is 1. The van der Waals surface area contributed by atoms with Crippen LogP contribution in [0.4, 0.5) is 4.79 Å². The molecule has 0 saturated carbocycles. The fraction of sp³-hybridized carbons (Fsp3) is 0.421. The van der Waals surface area contributed by atoms with Crippen molar-refractivity contribution in [3.63, 3.8) is 0 Å². The summed E-state index contributed by atoms with van der Waals surface area (Å²) in [5.41, 5.74) is 1.59. The van der Waals surface area contributed by atoms with Crippen LogP contribution in [0.2, 0.25) is 0 Å². The van der Waals surface area contributed by atoms with E-state index in [0.29, 0.717) is 38.1 Å². The normalized spacial score (nSPS) is 18.7. The van der Waals surface area contributed by atoms with E-state index in [4.69, 9.17) is 4.74 Å². The summed E-state index contributed by atoms with van der Waals surface area (Å²) in [6, 6.07) is 6.75. The van der Waals surface area contributed by atoms with Gasteiger partial charge < -0.3 is 14.7 Å². The molecule has 0 atom stereocenters. The molecule has 0 aromatic heterocycles. The van der Waals surface area contributed by atoms with Gasteiger partial charge in [-0.05, 0) is 32.3 Å². The number of hydrogen-bond acceptors (Lipinski definition) is 5. The molecule has 3 rings (SSSR count). The van der Waals surface area contributed by atoms with Crippen LogP contribution in [0.1, 0.15) is 30.9 Å². The Morgan fingerprint density at radius 1 is 1.15 bits per heavy atom. The summed E-state index contributed by atoms with van der Waals surface area (Å²) in [5, 5.41) is 10.2. The van der Waals surface area contributed by atoms with Gasteiger partial charge in [0.15, 0.2) is 5.76 Å². The van der Waals surface area contributed by atoms with E-state index in [0.717, 1.165) is 10.5 Å². The maximum absolute atomic E-state index is 12.8. The molecule has 1 aromatic carbocycles. The summed E-state index contributed by atoms with van der Waals surface area (Å²) in [6.45, 7) is 4.78.